The SMILES string of the molecule is CC(C)[C@@H](C(=O)N[C@@H](C)C(=O)Nc1ccc(CO)cc1)N(C)C. The number of amides is 2. The minimum atomic E-state index is -0.638. The molecule has 0 unspecified atom stereocenters. The van der Waals surface area contributed by atoms with Gasteiger partial charge in [0.2, 0.25) is 11.8 Å². The summed E-state index contributed by atoms with van der Waals surface area (Å²) in [6.45, 7) is 5.56. The number of nitrogens with one attached hydrogen (secondary N) is 2. The summed E-state index contributed by atoms with van der Waals surface area (Å²) in [7, 11) is 3.69. The number of likely N-dealkylation sites (N-methyl/N-ethyl adjacent to an activating group) is 1. The van der Waals surface area contributed by atoms with Gasteiger partial charge < -0.3 is 15.7 Å². The van der Waals surface area contributed by atoms with Gasteiger partial charge in [-0.3, -0.25) is 14.5 Å². The molecule has 0 spiro atoms. The van der Waals surface area contributed by atoms with Crippen LogP contribution in [0.15, 0.2) is 24.3 Å². The third-order valence-corrected chi connectivity index (χ3v) is 3.61. The van der Waals surface area contributed by atoms with E-state index in [1.807, 2.05) is 32.8 Å². The summed E-state index contributed by atoms with van der Waals surface area (Å²) in [6, 6.07) is 5.98. The molecule has 3 N–H and O–H groups in total. The van der Waals surface area contributed by atoms with Crippen molar-refractivity contribution in [3.05, 3.63) is 29.8 Å². The molecule has 0 heterocycles. The highest BCUT2D eigenvalue weighted by atomic mass is 16.3. The molecule has 0 aliphatic rings. The number of benzene rings is 1. The highest BCUT2D eigenvalue weighted by Gasteiger charge is 2.26. The van der Waals surface area contributed by atoms with Gasteiger partial charge in [0, 0.05) is 5.69 Å². The van der Waals surface area contributed by atoms with Crippen LogP contribution in [0.4, 0.5) is 5.69 Å². The number of hydrogen-bond acceptors (Lipinski definition) is 4. The Hall–Kier alpha value is -1.92. The molecule has 6 nitrogen and oxygen atoms in total. The van der Waals surface area contributed by atoms with Gasteiger partial charge >= 0.3 is 0 Å². The van der Waals surface area contributed by atoms with Crippen molar-refractivity contribution in [3.63, 3.8) is 0 Å². The van der Waals surface area contributed by atoms with Crippen molar-refractivity contribution in [2.75, 3.05) is 19.4 Å². The third-order valence-electron chi connectivity index (χ3n) is 3.61. The van der Waals surface area contributed by atoms with Crippen LogP contribution in [0.2, 0.25) is 0 Å². The lowest BCUT2D eigenvalue weighted by Crippen LogP contribution is -2.51. The molecule has 1 aromatic carbocycles. The Bertz CT molecular complexity index is 518. The second kappa shape index (κ2) is 8.64. The van der Waals surface area contributed by atoms with E-state index in [-0.39, 0.29) is 30.4 Å². The predicted molar refractivity (Wildman–Crippen MR) is 90.9 cm³/mol. The largest absolute Gasteiger partial charge is 0.392 e. The Kier molecular flexibility index (Phi) is 7.19. The lowest BCUT2D eigenvalue weighted by molar-refractivity contribution is -0.130. The van der Waals surface area contributed by atoms with Gasteiger partial charge in [-0.15, -0.1) is 0 Å². The van der Waals surface area contributed by atoms with Gasteiger partial charge in [-0.1, -0.05) is 26.0 Å². The molecule has 0 fully saturated rings. The Balaban J connectivity index is 2.63. The summed E-state index contributed by atoms with van der Waals surface area (Å²) in [4.78, 5) is 26.3. The number of aliphatic hydroxyl groups excluding tert-OH is 1. The number of anilines is 1. The van der Waals surface area contributed by atoms with E-state index in [0.717, 1.165) is 5.56 Å². The molecule has 0 saturated heterocycles. The van der Waals surface area contributed by atoms with Crippen molar-refractivity contribution < 1.29 is 14.7 Å². The van der Waals surface area contributed by atoms with E-state index < -0.39 is 6.04 Å². The average molecular weight is 321 g/mol. The Morgan fingerprint density at radius 1 is 1.09 bits per heavy atom. The second-order valence-electron chi connectivity index (χ2n) is 6.23. The van der Waals surface area contributed by atoms with Crippen LogP contribution in [0.5, 0.6) is 0 Å². The van der Waals surface area contributed by atoms with Crippen LogP contribution in [0.1, 0.15) is 26.3 Å². The lowest BCUT2D eigenvalue weighted by atomic mass is 10.0. The van der Waals surface area contributed by atoms with Gasteiger partial charge in [0.15, 0.2) is 0 Å². The van der Waals surface area contributed by atoms with Crippen LogP contribution in [0.3, 0.4) is 0 Å². The highest BCUT2D eigenvalue weighted by molar-refractivity contribution is 5.97. The predicted octanol–water partition coefficient (Wildman–Crippen LogP) is 1.21. The van der Waals surface area contributed by atoms with Crippen molar-refractivity contribution in [2.24, 2.45) is 5.92 Å². The monoisotopic (exact) mass is 321 g/mol. The fraction of sp³-hybridized carbons (Fsp3) is 0.529. The summed E-state index contributed by atoms with van der Waals surface area (Å²) < 4.78 is 0. The first-order valence-electron chi connectivity index (χ1n) is 7.73. The summed E-state index contributed by atoms with van der Waals surface area (Å²) in [5, 5.41) is 14.5. The summed E-state index contributed by atoms with van der Waals surface area (Å²) in [5.74, 6) is -0.300. The number of nitrogens with zero attached hydrogens (tertiary/aromatic N) is 1. The molecule has 128 valence electrons. The molecular formula is C17H27N3O3. The second-order valence-corrected chi connectivity index (χ2v) is 6.23. The smallest absolute Gasteiger partial charge is 0.246 e. The maximum Gasteiger partial charge on any atom is 0.246 e. The van der Waals surface area contributed by atoms with Crippen LogP contribution in [-0.2, 0) is 16.2 Å². The van der Waals surface area contributed by atoms with Crippen molar-refractivity contribution >= 4 is 17.5 Å². The molecule has 2 atom stereocenters. The first-order chi connectivity index (χ1) is 10.8. The Labute approximate surface area is 137 Å². The van der Waals surface area contributed by atoms with Crippen LogP contribution >= 0.6 is 0 Å². The number of aliphatic hydroxyl groups is 1. The fourth-order valence-corrected chi connectivity index (χ4v) is 2.44. The number of carbonyl (C=O) groups is 2. The quantitative estimate of drug-likeness (QED) is 0.705. The van der Waals surface area contributed by atoms with Gasteiger partial charge in [-0.05, 0) is 44.6 Å². The zero-order valence-corrected chi connectivity index (χ0v) is 14.5. The van der Waals surface area contributed by atoms with E-state index in [4.69, 9.17) is 5.11 Å². The van der Waals surface area contributed by atoms with Gasteiger partial charge in [-0.25, -0.2) is 0 Å². The van der Waals surface area contributed by atoms with Gasteiger partial charge in [-0.2, -0.15) is 0 Å². The van der Waals surface area contributed by atoms with Crippen molar-refractivity contribution in [3.8, 4) is 0 Å². The molecule has 0 aromatic heterocycles. The van der Waals surface area contributed by atoms with E-state index in [1.54, 1.807) is 31.2 Å². The Morgan fingerprint density at radius 3 is 2.09 bits per heavy atom. The standard InChI is InChI=1S/C17H27N3O3/c1-11(2)15(20(4)5)17(23)18-12(3)16(22)19-14-8-6-13(10-21)7-9-14/h6-9,11-12,15,21H,10H2,1-5H3,(H,18,23)(H,19,22)/t12-,15-/m0/s1. The topological polar surface area (TPSA) is 81.7 Å². The van der Waals surface area contributed by atoms with Gasteiger partial charge in [0.1, 0.15) is 6.04 Å². The first kappa shape index (κ1) is 19.1. The summed E-state index contributed by atoms with van der Waals surface area (Å²) in [5.41, 5.74) is 1.40. The molecule has 0 saturated carbocycles. The van der Waals surface area contributed by atoms with Crippen LogP contribution in [0, 0.1) is 5.92 Å². The zero-order valence-electron chi connectivity index (χ0n) is 14.5. The molecular weight excluding hydrogens is 294 g/mol. The fourth-order valence-electron chi connectivity index (χ4n) is 2.44. The van der Waals surface area contributed by atoms with Crippen LogP contribution < -0.4 is 10.6 Å². The van der Waals surface area contributed by atoms with E-state index in [1.165, 1.54) is 0 Å². The van der Waals surface area contributed by atoms with E-state index >= 15 is 0 Å². The summed E-state index contributed by atoms with van der Waals surface area (Å²) in [6.07, 6.45) is 0. The minimum absolute atomic E-state index is 0.0399. The maximum atomic E-state index is 12.3. The molecule has 0 radical (unpaired) electrons. The van der Waals surface area contributed by atoms with Crippen molar-refractivity contribution in [1.29, 1.82) is 0 Å². The van der Waals surface area contributed by atoms with Crippen molar-refractivity contribution in [1.82, 2.24) is 10.2 Å². The maximum absolute atomic E-state index is 12.3. The molecule has 0 aliphatic carbocycles. The van der Waals surface area contributed by atoms with Crippen LogP contribution in [0.25, 0.3) is 0 Å². The normalized spacial score (nSPS) is 13.7. The molecule has 2 amide bonds. The minimum Gasteiger partial charge on any atom is -0.392 e. The number of rotatable bonds is 7. The molecule has 0 aliphatic heterocycles. The van der Waals surface area contributed by atoms with E-state index in [2.05, 4.69) is 10.6 Å². The Morgan fingerprint density at radius 2 is 1.65 bits per heavy atom. The van der Waals surface area contributed by atoms with Crippen molar-refractivity contribution in [2.45, 2.75) is 39.5 Å². The van der Waals surface area contributed by atoms with E-state index in [9.17, 15) is 9.59 Å². The molecule has 0 bridgehead atoms. The third kappa shape index (κ3) is 5.65. The molecule has 1 rings (SSSR count). The van der Waals surface area contributed by atoms with E-state index in [0.29, 0.717) is 5.69 Å². The highest BCUT2D eigenvalue weighted by Crippen LogP contribution is 2.11. The van der Waals surface area contributed by atoms with Gasteiger partial charge in [0.05, 0.1) is 12.6 Å². The van der Waals surface area contributed by atoms with Crippen LogP contribution in [-0.4, -0.2) is 48.0 Å². The zero-order chi connectivity index (χ0) is 17.6. The lowest BCUT2D eigenvalue weighted by Gasteiger charge is -2.28. The average Bonchev–Trinajstić information content (AvgIpc) is 2.46. The first-order valence-corrected chi connectivity index (χ1v) is 7.73. The molecule has 1 aromatic rings. The molecule has 23 heavy (non-hydrogen) atoms. The number of hydrogen-bond donors (Lipinski definition) is 3. The summed E-state index contributed by atoms with van der Waals surface area (Å²) >= 11 is 0. The number of carbonyl (C=O) groups excluding carboxylic acids is 2. The molecule has 6 heteroatoms. The van der Waals surface area contributed by atoms with Gasteiger partial charge in [0.25, 0.3) is 0 Å².